The van der Waals surface area contributed by atoms with Crippen molar-refractivity contribution in [3.63, 3.8) is 0 Å². The minimum absolute atomic E-state index is 0.613. The molecule has 1 aliphatic heterocycles. The molecule has 3 nitrogen and oxygen atoms in total. The molecule has 3 aromatic rings. The van der Waals surface area contributed by atoms with Gasteiger partial charge in [0.25, 0.3) is 0 Å². The second kappa shape index (κ2) is 6.02. The van der Waals surface area contributed by atoms with Crippen LogP contribution < -0.4 is 15.2 Å². The van der Waals surface area contributed by atoms with Gasteiger partial charge in [0.1, 0.15) is 0 Å². The Morgan fingerprint density at radius 3 is 1.88 bits per heavy atom. The van der Waals surface area contributed by atoms with Crippen LogP contribution >= 0.6 is 0 Å². The molecule has 3 aromatic carbocycles. The normalized spacial score (nSPS) is 14.5. The first kappa shape index (κ1) is 14.8. The van der Waals surface area contributed by atoms with E-state index in [1.54, 1.807) is 0 Å². The maximum atomic E-state index is 6.39. The Kier molecular flexibility index (Phi) is 3.71. The monoisotopic (exact) mass is 317 g/mol. The first-order valence-electron chi connectivity index (χ1n) is 8.14. The van der Waals surface area contributed by atoms with E-state index in [0.29, 0.717) is 6.54 Å². The third kappa shape index (κ3) is 2.43. The van der Waals surface area contributed by atoms with Crippen molar-refractivity contribution in [2.45, 2.75) is 12.2 Å². The largest absolute Gasteiger partial charge is 0.440 e. The van der Waals surface area contributed by atoms with E-state index < -0.39 is 5.79 Å². The van der Waals surface area contributed by atoms with Gasteiger partial charge >= 0.3 is 5.79 Å². The van der Waals surface area contributed by atoms with Gasteiger partial charge in [-0.2, -0.15) is 0 Å². The minimum Gasteiger partial charge on any atom is -0.440 e. The molecule has 0 aromatic heterocycles. The first-order chi connectivity index (χ1) is 11.8. The Morgan fingerprint density at radius 1 is 0.708 bits per heavy atom. The van der Waals surface area contributed by atoms with Gasteiger partial charge in [0.05, 0.1) is 0 Å². The lowest BCUT2D eigenvalue weighted by atomic mass is 9.97. The highest BCUT2D eigenvalue weighted by molar-refractivity contribution is 5.50. The zero-order valence-electron chi connectivity index (χ0n) is 13.3. The summed E-state index contributed by atoms with van der Waals surface area (Å²) in [5.41, 5.74) is 8.75. The average molecular weight is 317 g/mol. The fourth-order valence-corrected chi connectivity index (χ4v) is 3.09. The molecule has 4 rings (SSSR count). The molecular weight excluding hydrogens is 298 g/mol. The molecule has 0 unspecified atom stereocenters. The molecule has 0 fully saturated rings. The van der Waals surface area contributed by atoms with E-state index in [0.717, 1.165) is 34.6 Å². The minimum atomic E-state index is -0.952. The summed E-state index contributed by atoms with van der Waals surface area (Å²) >= 11 is 0. The fraction of sp³-hybridized carbons (Fsp3) is 0.143. The Bertz CT molecular complexity index is 791. The van der Waals surface area contributed by atoms with Crippen LogP contribution in [-0.2, 0) is 12.2 Å². The van der Waals surface area contributed by atoms with Crippen molar-refractivity contribution < 1.29 is 9.47 Å². The second-order valence-corrected chi connectivity index (χ2v) is 5.87. The molecule has 24 heavy (non-hydrogen) atoms. The number of hydrogen-bond donors (Lipinski definition) is 1. The zero-order chi connectivity index (χ0) is 16.4. The number of benzene rings is 3. The van der Waals surface area contributed by atoms with E-state index in [-0.39, 0.29) is 0 Å². The van der Waals surface area contributed by atoms with Crippen molar-refractivity contribution in [2.75, 3.05) is 6.54 Å². The maximum absolute atomic E-state index is 6.39. The molecule has 0 amide bonds. The summed E-state index contributed by atoms with van der Waals surface area (Å²) < 4.78 is 12.7. The van der Waals surface area contributed by atoms with Crippen LogP contribution in [-0.4, -0.2) is 6.54 Å². The molecule has 1 aliphatic rings. The molecule has 0 radical (unpaired) electrons. The Hall–Kier alpha value is -2.78. The van der Waals surface area contributed by atoms with E-state index in [9.17, 15) is 0 Å². The summed E-state index contributed by atoms with van der Waals surface area (Å²) in [7, 11) is 0. The summed E-state index contributed by atoms with van der Waals surface area (Å²) in [6.45, 7) is 0.613. The van der Waals surface area contributed by atoms with Crippen molar-refractivity contribution in [2.24, 2.45) is 5.73 Å². The Morgan fingerprint density at radius 2 is 1.29 bits per heavy atom. The second-order valence-electron chi connectivity index (χ2n) is 5.87. The molecule has 120 valence electrons. The van der Waals surface area contributed by atoms with Crippen molar-refractivity contribution >= 4 is 0 Å². The highest BCUT2D eigenvalue weighted by Gasteiger charge is 2.45. The van der Waals surface area contributed by atoms with Crippen molar-refractivity contribution in [1.82, 2.24) is 0 Å². The van der Waals surface area contributed by atoms with Gasteiger partial charge in [0.15, 0.2) is 11.5 Å². The molecule has 0 spiro atoms. The molecule has 2 N–H and O–H groups in total. The van der Waals surface area contributed by atoms with Crippen LogP contribution in [0.3, 0.4) is 0 Å². The molecule has 0 saturated heterocycles. The predicted molar refractivity (Wildman–Crippen MR) is 94.1 cm³/mol. The van der Waals surface area contributed by atoms with Gasteiger partial charge in [-0.05, 0) is 30.7 Å². The highest BCUT2D eigenvalue weighted by Crippen LogP contribution is 2.47. The number of nitrogens with two attached hydrogens (primary N) is 1. The van der Waals surface area contributed by atoms with Crippen molar-refractivity contribution in [3.8, 4) is 11.5 Å². The molecule has 0 saturated carbocycles. The average Bonchev–Trinajstić information content (AvgIpc) is 3.04. The molecule has 0 aliphatic carbocycles. The van der Waals surface area contributed by atoms with Crippen LogP contribution in [0.1, 0.15) is 16.7 Å². The van der Waals surface area contributed by atoms with Crippen LogP contribution in [0.5, 0.6) is 11.5 Å². The van der Waals surface area contributed by atoms with Gasteiger partial charge in [-0.1, -0.05) is 66.7 Å². The van der Waals surface area contributed by atoms with E-state index >= 15 is 0 Å². The van der Waals surface area contributed by atoms with Gasteiger partial charge < -0.3 is 15.2 Å². The first-order valence-corrected chi connectivity index (χ1v) is 8.14. The summed E-state index contributed by atoms with van der Waals surface area (Å²) in [5, 5.41) is 0. The Labute approximate surface area is 141 Å². The molecule has 0 atom stereocenters. The van der Waals surface area contributed by atoms with E-state index in [1.807, 2.05) is 78.9 Å². The summed E-state index contributed by atoms with van der Waals surface area (Å²) in [5.74, 6) is 0.559. The third-order valence-corrected chi connectivity index (χ3v) is 4.26. The molecule has 3 heteroatoms. The van der Waals surface area contributed by atoms with Crippen molar-refractivity contribution in [3.05, 3.63) is 95.6 Å². The molecule has 0 bridgehead atoms. The van der Waals surface area contributed by atoms with Crippen LogP contribution in [0.4, 0.5) is 0 Å². The van der Waals surface area contributed by atoms with Crippen LogP contribution in [0, 0.1) is 0 Å². The zero-order valence-corrected chi connectivity index (χ0v) is 13.3. The lowest BCUT2D eigenvalue weighted by Crippen LogP contribution is -2.36. The topological polar surface area (TPSA) is 44.5 Å². The van der Waals surface area contributed by atoms with E-state index in [1.165, 1.54) is 0 Å². The van der Waals surface area contributed by atoms with Gasteiger partial charge in [0, 0.05) is 11.1 Å². The lowest BCUT2D eigenvalue weighted by molar-refractivity contribution is -0.0459. The molecule has 1 heterocycles. The predicted octanol–water partition coefficient (Wildman–Crippen LogP) is 3.86. The third-order valence-electron chi connectivity index (χ3n) is 4.26. The van der Waals surface area contributed by atoms with Gasteiger partial charge in [-0.3, -0.25) is 0 Å². The summed E-state index contributed by atoms with van der Waals surface area (Å²) in [6, 6.07) is 26.1. The van der Waals surface area contributed by atoms with Gasteiger partial charge in [-0.25, -0.2) is 0 Å². The van der Waals surface area contributed by atoms with Gasteiger partial charge in [0.2, 0.25) is 0 Å². The van der Waals surface area contributed by atoms with E-state index in [2.05, 4.69) is 0 Å². The number of fused-ring (bicyclic) bond motifs is 1. The quantitative estimate of drug-likeness (QED) is 0.794. The SMILES string of the molecule is NCCc1ccc2c(c1)OC(c1ccccc1)(c1ccccc1)O2. The highest BCUT2D eigenvalue weighted by atomic mass is 16.7. The van der Waals surface area contributed by atoms with E-state index in [4.69, 9.17) is 15.2 Å². The number of hydrogen-bond acceptors (Lipinski definition) is 3. The van der Waals surface area contributed by atoms with Crippen molar-refractivity contribution in [1.29, 1.82) is 0 Å². The maximum Gasteiger partial charge on any atom is 0.305 e. The summed E-state index contributed by atoms with van der Waals surface area (Å²) in [6.07, 6.45) is 0.820. The number of ether oxygens (including phenoxy) is 2. The summed E-state index contributed by atoms with van der Waals surface area (Å²) in [4.78, 5) is 0. The standard InChI is InChI=1S/C21H19NO2/c22-14-13-16-11-12-19-20(15-16)24-21(23-19,17-7-3-1-4-8-17)18-9-5-2-6-10-18/h1-12,15H,13-14,22H2. The lowest BCUT2D eigenvalue weighted by Gasteiger charge is -2.28. The fourth-order valence-electron chi connectivity index (χ4n) is 3.09. The van der Waals surface area contributed by atoms with Crippen LogP contribution in [0.15, 0.2) is 78.9 Å². The molecular formula is C21H19NO2. The van der Waals surface area contributed by atoms with Crippen LogP contribution in [0.2, 0.25) is 0 Å². The Balaban J connectivity index is 1.82. The smallest absolute Gasteiger partial charge is 0.305 e. The van der Waals surface area contributed by atoms with Crippen LogP contribution in [0.25, 0.3) is 0 Å². The van der Waals surface area contributed by atoms with Gasteiger partial charge in [-0.15, -0.1) is 0 Å². The number of rotatable bonds is 4.